The Kier molecular flexibility index (Phi) is 5.21. The average molecular weight is 263 g/mol. The van der Waals surface area contributed by atoms with E-state index in [4.69, 9.17) is 5.26 Å². The van der Waals surface area contributed by atoms with E-state index in [1.54, 1.807) is 0 Å². The van der Waals surface area contributed by atoms with Crippen LogP contribution in [0, 0.1) is 21.4 Å². The van der Waals surface area contributed by atoms with Gasteiger partial charge in [-0.15, -0.1) is 0 Å². The van der Waals surface area contributed by atoms with Crippen LogP contribution in [0.15, 0.2) is 12.3 Å². The van der Waals surface area contributed by atoms with E-state index >= 15 is 0 Å². The minimum Gasteiger partial charge on any atom is -0.362 e. The van der Waals surface area contributed by atoms with Gasteiger partial charge in [-0.2, -0.15) is 5.26 Å². The molecule has 0 radical (unpaired) electrons. The van der Waals surface area contributed by atoms with E-state index in [0.717, 1.165) is 13.0 Å². The zero-order valence-corrected chi connectivity index (χ0v) is 11.3. The third kappa shape index (κ3) is 4.19. The number of anilines is 1. The molecule has 0 aliphatic heterocycles. The van der Waals surface area contributed by atoms with Crippen molar-refractivity contribution in [3.8, 4) is 6.07 Å². The number of nitrogens with zero attached hydrogens (tertiary/aromatic N) is 4. The van der Waals surface area contributed by atoms with Gasteiger partial charge in [-0.25, -0.2) is 4.98 Å². The van der Waals surface area contributed by atoms with Crippen molar-refractivity contribution in [2.45, 2.75) is 19.4 Å². The number of nitriles is 1. The first kappa shape index (κ1) is 14.9. The van der Waals surface area contributed by atoms with E-state index < -0.39 is 4.92 Å². The molecule has 1 rings (SSSR count). The fourth-order valence-corrected chi connectivity index (χ4v) is 1.59. The summed E-state index contributed by atoms with van der Waals surface area (Å²) in [6.45, 7) is 2.79. The Morgan fingerprint density at radius 2 is 2.32 bits per heavy atom. The summed E-state index contributed by atoms with van der Waals surface area (Å²) in [5.41, 5.74) is -0.246. The summed E-state index contributed by atoms with van der Waals surface area (Å²) in [6, 6.07) is 3.18. The standard InChI is InChI=1S/C12H17N5O2/c1-9(5-7-16(2)3)15-12-11(17(18)19)10(8-13)4-6-14-12/h4,6,9H,5,7H2,1-3H3,(H,14,15). The molecule has 0 bridgehead atoms. The van der Waals surface area contributed by atoms with Gasteiger partial charge in [0.25, 0.3) is 0 Å². The second-order valence-corrected chi connectivity index (χ2v) is 4.56. The third-order valence-corrected chi connectivity index (χ3v) is 2.62. The van der Waals surface area contributed by atoms with Gasteiger partial charge < -0.3 is 10.2 Å². The maximum atomic E-state index is 11.0. The topological polar surface area (TPSA) is 95.1 Å². The maximum Gasteiger partial charge on any atom is 0.328 e. The number of rotatable bonds is 6. The van der Waals surface area contributed by atoms with Crippen LogP contribution < -0.4 is 5.32 Å². The predicted octanol–water partition coefficient (Wildman–Crippen LogP) is 1.61. The van der Waals surface area contributed by atoms with Gasteiger partial charge in [-0.05, 0) is 40.1 Å². The lowest BCUT2D eigenvalue weighted by molar-refractivity contribution is -0.384. The maximum absolute atomic E-state index is 11.0. The minimum absolute atomic E-state index is 0.0160. The molecule has 1 aromatic rings. The van der Waals surface area contributed by atoms with Gasteiger partial charge in [0.1, 0.15) is 11.6 Å². The SMILES string of the molecule is CC(CCN(C)C)Nc1nccc(C#N)c1[N+](=O)[O-]. The fraction of sp³-hybridized carbons (Fsp3) is 0.500. The van der Waals surface area contributed by atoms with Crippen LogP contribution in [-0.2, 0) is 0 Å². The predicted molar refractivity (Wildman–Crippen MR) is 71.9 cm³/mol. The number of pyridine rings is 1. The van der Waals surface area contributed by atoms with Crippen molar-refractivity contribution < 1.29 is 4.92 Å². The molecule has 19 heavy (non-hydrogen) atoms. The zero-order valence-electron chi connectivity index (χ0n) is 11.3. The zero-order chi connectivity index (χ0) is 14.4. The molecular formula is C12H17N5O2. The Labute approximate surface area is 112 Å². The number of nitro groups is 1. The summed E-state index contributed by atoms with van der Waals surface area (Å²) in [5.74, 6) is 0.148. The molecule has 1 atom stereocenters. The molecule has 1 N–H and O–H groups in total. The van der Waals surface area contributed by atoms with E-state index in [1.165, 1.54) is 12.3 Å². The van der Waals surface area contributed by atoms with Crippen molar-refractivity contribution in [3.63, 3.8) is 0 Å². The number of hydrogen-bond acceptors (Lipinski definition) is 6. The van der Waals surface area contributed by atoms with Crippen molar-refractivity contribution >= 4 is 11.5 Å². The highest BCUT2D eigenvalue weighted by molar-refractivity contribution is 5.64. The Bertz CT molecular complexity index is 495. The highest BCUT2D eigenvalue weighted by atomic mass is 16.6. The molecule has 102 valence electrons. The molecule has 0 saturated carbocycles. The molecule has 0 aliphatic rings. The van der Waals surface area contributed by atoms with Gasteiger partial charge in [0.05, 0.1) is 4.92 Å². The van der Waals surface area contributed by atoms with Crippen molar-refractivity contribution in [2.24, 2.45) is 0 Å². The molecule has 1 aromatic heterocycles. The van der Waals surface area contributed by atoms with Crippen LogP contribution in [0.3, 0.4) is 0 Å². The molecule has 1 unspecified atom stereocenters. The number of hydrogen-bond donors (Lipinski definition) is 1. The molecule has 0 aromatic carbocycles. The number of aromatic nitrogens is 1. The first-order valence-corrected chi connectivity index (χ1v) is 5.90. The normalized spacial score (nSPS) is 11.9. The molecular weight excluding hydrogens is 246 g/mol. The highest BCUT2D eigenvalue weighted by Crippen LogP contribution is 2.26. The van der Waals surface area contributed by atoms with Crippen LogP contribution in [0.4, 0.5) is 11.5 Å². The molecule has 0 fully saturated rings. The van der Waals surface area contributed by atoms with Gasteiger partial charge in [0.2, 0.25) is 5.82 Å². The molecule has 0 spiro atoms. The summed E-state index contributed by atoms with van der Waals surface area (Å²) in [4.78, 5) is 16.4. The summed E-state index contributed by atoms with van der Waals surface area (Å²) in [6.07, 6.45) is 2.22. The fourth-order valence-electron chi connectivity index (χ4n) is 1.59. The summed E-state index contributed by atoms with van der Waals surface area (Å²) < 4.78 is 0. The summed E-state index contributed by atoms with van der Waals surface area (Å²) in [7, 11) is 3.92. The van der Waals surface area contributed by atoms with Crippen LogP contribution in [0.5, 0.6) is 0 Å². The Morgan fingerprint density at radius 1 is 1.63 bits per heavy atom. The van der Waals surface area contributed by atoms with Gasteiger partial charge in [0.15, 0.2) is 0 Å². The van der Waals surface area contributed by atoms with E-state index in [-0.39, 0.29) is 23.1 Å². The lowest BCUT2D eigenvalue weighted by Gasteiger charge is -2.17. The van der Waals surface area contributed by atoms with Crippen molar-refractivity contribution in [3.05, 3.63) is 27.9 Å². The first-order chi connectivity index (χ1) is 8.95. The molecule has 0 aliphatic carbocycles. The van der Waals surface area contributed by atoms with E-state index in [2.05, 4.69) is 10.3 Å². The van der Waals surface area contributed by atoms with Crippen LogP contribution in [-0.4, -0.2) is 41.5 Å². The quantitative estimate of drug-likeness (QED) is 0.619. The third-order valence-electron chi connectivity index (χ3n) is 2.62. The average Bonchev–Trinajstić information content (AvgIpc) is 2.35. The van der Waals surface area contributed by atoms with Gasteiger partial charge in [-0.3, -0.25) is 10.1 Å². The summed E-state index contributed by atoms with van der Waals surface area (Å²) in [5, 5.41) is 22.9. The molecule has 7 nitrogen and oxygen atoms in total. The molecule has 0 amide bonds. The van der Waals surface area contributed by atoms with Gasteiger partial charge >= 0.3 is 5.69 Å². The second kappa shape index (κ2) is 6.66. The molecule has 1 heterocycles. The molecule has 0 saturated heterocycles. The Morgan fingerprint density at radius 3 is 2.84 bits per heavy atom. The number of nitrogens with one attached hydrogen (secondary N) is 1. The minimum atomic E-state index is -0.577. The van der Waals surface area contributed by atoms with E-state index in [9.17, 15) is 10.1 Å². The monoisotopic (exact) mass is 263 g/mol. The van der Waals surface area contributed by atoms with Crippen LogP contribution in [0.2, 0.25) is 0 Å². The van der Waals surface area contributed by atoms with E-state index in [0.29, 0.717) is 0 Å². The van der Waals surface area contributed by atoms with Gasteiger partial charge in [-0.1, -0.05) is 0 Å². The van der Waals surface area contributed by atoms with Crippen LogP contribution >= 0.6 is 0 Å². The highest BCUT2D eigenvalue weighted by Gasteiger charge is 2.22. The first-order valence-electron chi connectivity index (χ1n) is 5.90. The summed E-state index contributed by atoms with van der Waals surface area (Å²) >= 11 is 0. The Balaban J connectivity index is 2.89. The van der Waals surface area contributed by atoms with Crippen LogP contribution in [0.25, 0.3) is 0 Å². The van der Waals surface area contributed by atoms with Crippen molar-refractivity contribution in [1.82, 2.24) is 9.88 Å². The second-order valence-electron chi connectivity index (χ2n) is 4.56. The Hall–Kier alpha value is -2.20. The van der Waals surface area contributed by atoms with Crippen molar-refractivity contribution in [1.29, 1.82) is 5.26 Å². The lowest BCUT2D eigenvalue weighted by Crippen LogP contribution is -2.23. The van der Waals surface area contributed by atoms with Crippen LogP contribution in [0.1, 0.15) is 18.9 Å². The molecule has 7 heteroatoms. The largest absolute Gasteiger partial charge is 0.362 e. The van der Waals surface area contributed by atoms with Crippen molar-refractivity contribution in [2.75, 3.05) is 26.0 Å². The lowest BCUT2D eigenvalue weighted by atomic mass is 10.2. The van der Waals surface area contributed by atoms with E-state index in [1.807, 2.05) is 32.0 Å². The van der Waals surface area contributed by atoms with Gasteiger partial charge in [0, 0.05) is 12.2 Å². The smallest absolute Gasteiger partial charge is 0.328 e.